The minimum absolute atomic E-state index is 0.101. The van der Waals surface area contributed by atoms with Crippen molar-refractivity contribution in [3.05, 3.63) is 60.3 Å². The number of nitrogens with zero attached hydrogens (tertiary/aromatic N) is 5. The van der Waals surface area contributed by atoms with Crippen molar-refractivity contribution in [2.45, 2.75) is 25.2 Å². The number of hydrogen-bond acceptors (Lipinski definition) is 8. The molecule has 0 bridgehead atoms. The fraction of sp³-hybridized carbons (Fsp3) is 0.333. The van der Waals surface area contributed by atoms with Crippen molar-refractivity contribution < 1.29 is 23.1 Å². The summed E-state index contributed by atoms with van der Waals surface area (Å²) in [7, 11) is 2.75. The Morgan fingerprint density at radius 2 is 1.82 bits per heavy atom. The topological polar surface area (TPSA) is 103 Å². The van der Waals surface area contributed by atoms with Gasteiger partial charge in [0.2, 0.25) is 5.95 Å². The molecule has 2 aromatic carbocycles. The van der Waals surface area contributed by atoms with Crippen molar-refractivity contribution in [2.75, 3.05) is 48.9 Å². The zero-order valence-corrected chi connectivity index (χ0v) is 21.7. The third-order valence-corrected chi connectivity index (χ3v) is 6.74. The molecule has 10 nitrogen and oxygen atoms in total. The molecule has 1 fully saturated rings. The van der Waals surface area contributed by atoms with Gasteiger partial charge in [0.1, 0.15) is 11.4 Å². The van der Waals surface area contributed by atoms with Gasteiger partial charge in [0, 0.05) is 31.4 Å². The highest BCUT2D eigenvalue weighted by Gasteiger charge is 2.47. The summed E-state index contributed by atoms with van der Waals surface area (Å²) in [5, 5.41) is 4.97. The van der Waals surface area contributed by atoms with E-state index in [0.717, 1.165) is 37.3 Å². The first-order chi connectivity index (χ1) is 18.8. The molecule has 2 aliphatic rings. The van der Waals surface area contributed by atoms with E-state index in [4.69, 9.17) is 4.74 Å². The number of ether oxygens (including phenoxy) is 1. The van der Waals surface area contributed by atoms with E-state index in [0.29, 0.717) is 22.7 Å². The number of halogens is 2. The van der Waals surface area contributed by atoms with Gasteiger partial charge in [-0.25, -0.2) is 9.99 Å². The van der Waals surface area contributed by atoms with E-state index in [9.17, 15) is 18.4 Å². The molecular formula is C27H29F2N7O3. The molecule has 0 spiro atoms. The number of nitrogens with one attached hydrogen (secondary N) is 2. The molecule has 0 radical (unpaired) electrons. The van der Waals surface area contributed by atoms with Gasteiger partial charge in [-0.2, -0.15) is 13.8 Å². The van der Waals surface area contributed by atoms with Crippen LogP contribution in [-0.2, 0) is 4.79 Å². The number of anilines is 5. The molecular weight excluding hydrogens is 508 g/mol. The number of hydrazine groups is 1. The molecule has 2 amide bonds. The fourth-order valence-electron chi connectivity index (χ4n) is 4.65. The van der Waals surface area contributed by atoms with Crippen LogP contribution in [0, 0.1) is 0 Å². The lowest BCUT2D eigenvalue weighted by Crippen LogP contribution is -2.45. The van der Waals surface area contributed by atoms with Gasteiger partial charge in [-0.05, 0) is 43.2 Å². The fourth-order valence-corrected chi connectivity index (χ4v) is 4.65. The number of alkyl halides is 2. The SMILES string of the molecule is COc1cc(C(=O)NN2CCCCC2)ccc1Nc1ncc2c(n1)N(c1ccccc1)CC(F)(F)C(=O)N2C. The Balaban J connectivity index is 1.44. The second-order valence-electron chi connectivity index (χ2n) is 9.42. The number of fused-ring (bicyclic) bond motifs is 1. The van der Waals surface area contributed by atoms with Crippen molar-refractivity contribution in [1.29, 1.82) is 0 Å². The number of aromatic nitrogens is 2. The number of carbonyl (C=O) groups excluding carboxylic acids is 2. The van der Waals surface area contributed by atoms with Gasteiger partial charge in [-0.3, -0.25) is 15.0 Å². The Kier molecular flexibility index (Phi) is 7.29. The summed E-state index contributed by atoms with van der Waals surface area (Å²) >= 11 is 0. The van der Waals surface area contributed by atoms with Crippen LogP contribution in [0.3, 0.4) is 0 Å². The molecule has 12 heteroatoms. The normalized spacial score (nSPS) is 17.3. The van der Waals surface area contributed by atoms with Crippen LogP contribution in [-0.4, -0.2) is 66.5 Å². The van der Waals surface area contributed by atoms with Gasteiger partial charge in [0.05, 0.1) is 25.5 Å². The Labute approximate surface area is 224 Å². The zero-order valence-electron chi connectivity index (χ0n) is 21.7. The Morgan fingerprint density at radius 1 is 1.08 bits per heavy atom. The molecule has 1 aromatic heterocycles. The van der Waals surface area contributed by atoms with Crippen molar-refractivity contribution in [1.82, 2.24) is 20.4 Å². The molecule has 39 heavy (non-hydrogen) atoms. The van der Waals surface area contributed by atoms with Crippen LogP contribution >= 0.6 is 0 Å². The number of amides is 2. The number of benzene rings is 2. The van der Waals surface area contributed by atoms with E-state index in [1.807, 2.05) is 5.01 Å². The standard InChI is InChI=1S/C27H29F2N7O3/c1-34-21-16-30-26(32-23(21)36(17-27(28,29)25(34)38)19-9-5-3-6-10-19)31-20-12-11-18(15-22(20)39-2)24(37)33-35-13-7-4-8-14-35/h3,5-6,9-12,15-16H,4,7-8,13-14,17H2,1-2H3,(H,33,37)(H,30,31,32). The molecule has 0 unspecified atom stereocenters. The van der Waals surface area contributed by atoms with E-state index in [-0.39, 0.29) is 23.4 Å². The van der Waals surface area contributed by atoms with E-state index in [1.165, 1.54) is 25.3 Å². The van der Waals surface area contributed by atoms with Gasteiger partial charge < -0.3 is 19.9 Å². The zero-order chi connectivity index (χ0) is 27.6. The predicted octanol–water partition coefficient (Wildman–Crippen LogP) is 4.11. The van der Waals surface area contributed by atoms with Crippen LogP contribution < -0.4 is 25.3 Å². The van der Waals surface area contributed by atoms with Gasteiger partial charge in [0.15, 0.2) is 5.82 Å². The van der Waals surface area contributed by atoms with Crippen LogP contribution in [0.5, 0.6) is 5.75 Å². The quantitative estimate of drug-likeness (QED) is 0.485. The van der Waals surface area contributed by atoms with Crippen LogP contribution in [0.2, 0.25) is 0 Å². The summed E-state index contributed by atoms with van der Waals surface area (Å²) in [6.07, 6.45) is 4.56. The number of carbonyl (C=O) groups is 2. The van der Waals surface area contributed by atoms with Gasteiger partial charge in [-0.1, -0.05) is 24.6 Å². The largest absolute Gasteiger partial charge is 0.495 e. The highest BCUT2D eigenvalue weighted by atomic mass is 19.3. The van der Waals surface area contributed by atoms with Gasteiger partial charge in [-0.15, -0.1) is 0 Å². The van der Waals surface area contributed by atoms with Crippen LogP contribution in [0.25, 0.3) is 0 Å². The lowest BCUT2D eigenvalue weighted by Gasteiger charge is -2.27. The summed E-state index contributed by atoms with van der Waals surface area (Å²) in [6.45, 7) is 0.740. The lowest BCUT2D eigenvalue weighted by molar-refractivity contribution is -0.140. The summed E-state index contributed by atoms with van der Waals surface area (Å²) in [5.74, 6) is -4.61. The van der Waals surface area contributed by atoms with E-state index >= 15 is 0 Å². The van der Waals surface area contributed by atoms with Crippen LogP contribution in [0.1, 0.15) is 29.6 Å². The molecule has 3 aromatic rings. The van der Waals surface area contributed by atoms with Crippen molar-refractivity contribution in [3.8, 4) is 5.75 Å². The average Bonchev–Trinajstić information content (AvgIpc) is 3.03. The number of piperidine rings is 1. The van der Waals surface area contributed by atoms with Crippen LogP contribution in [0.15, 0.2) is 54.7 Å². The Hall–Kier alpha value is -4.32. The predicted molar refractivity (Wildman–Crippen MR) is 143 cm³/mol. The lowest BCUT2D eigenvalue weighted by atomic mass is 10.1. The van der Waals surface area contributed by atoms with Crippen molar-refractivity contribution in [3.63, 3.8) is 0 Å². The average molecular weight is 538 g/mol. The third kappa shape index (κ3) is 5.46. The third-order valence-electron chi connectivity index (χ3n) is 6.74. The number of para-hydroxylation sites is 1. The maximum absolute atomic E-state index is 14.9. The Bertz CT molecular complexity index is 1370. The summed E-state index contributed by atoms with van der Waals surface area (Å²) < 4.78 is 35.2. The molecule has 0 atom stereocenters. The van der Waals surface area contributed by atoms with Crippen molar-refractivity contribution >= 4 is 40.6 Å². The van der Waals surface area contributed by atoms with Gasteiger partial charge >= 0.3 is 5.92 Å². The number of rotatable bonds is 6. The Morgan fingerprint density at radius 3 is 2.54 bits per heavy atom. The first kappa shape index (κ1) is 26.3. The van der Waals surface area contributed by atoms with E-state index in [2.05, 4.69) is 20.7 Å². The maximum Gasteiger partial charge on any atom is 0.342 e. The van der Waals surface area contributed by atoms with Crippen LogP contribution in [0.4, 0.5) is 37.6 Å². The number of hydrogen-bond donors (Lipinski definition) is 2. The first-order valence-corrected chi connectivity index (χ1v) is 12.6. The highest BCUT2D eigenvalue weighted by molar-refractivity contribution is 6.02. The molecule has 0 saturated carbocycles. The first-order valence-electron chi connectivity index (χ1n) is 12.6. The second-order valence-corrected chi connectivity index (χ2v) is 9.42. The second kappa shape index (κ2) is 10.8. The summed E-state index contributed by atoms with van der Waals surface area (Å²) in [6, 6.07) is 13.5. The van der Waals surface area contributed by atoms with Crippen molar-refractivity contribution in [2.24, 2.45) is 0 Å². The highest BCUT2D eigenvalue weighted by Crippen LogP contribution is 2.40. The smallest absolute Gasteiger partial charge is 0.342 e. The summed E-state index contributed by atoms with van der Waals surface area (Å²) in [4.78, 5) is 36.2. The molecule has 1 saturated heterocycles. The van der Waals surface area contributed by atoms with E-state index < -0.39 is 18.4 Å². The molecule has 204 valence electrons. The molecule has 5 rings (SSSR count). The monoisotopic (exact) mass is 537 g/mol. The molecule has 2 aliphatic heterocycles. The molecule has 3 heterocycles. The molecule has 2 N–H and O–H groups in total. The number of methoxy groups -OCH3 is 1. The van der Waals surface area contributed by atoms with Gasteiger partial charge in [0.25, 0.3) is 11.8 Å². The maximum atomic E-state index is 14.9. The summed E-state index contributed by atoms with van der Waals surface area (Å²) in [5.41, 5.74) is 4.41. The molecule has 0 aliphatic carbocycles. The minimum Gasteiger partial charge on any atom is -0.495 e. The van der Waals surface area contributed by atoms with E-state index in [1.54, 1.807) is 48.5 Å². The minimum atomic E-state index is -3.65.